The van der Waals surface area contributed by atoms with Gasteiger partial charge in [-0.1, -0.05) is 44.0 Å². The standard InChI is InChI=1S/C17H21Cl2N3OS/c1-17(2,3)14-10-15(20-16(23)7-8-24-4)22(21-14)13-9-11(18)5-6-12(13)19/h5-6,9-10H,7-8H2,1-4H3,(H,20,23). The molecule has 1 aromatic carbocycles. The van der Waals surface area contributed by atoms with E-state index in [1.165, 1.54) is 0 Å². The largest absolute Gasteiger partial charge is 0.311 e. The Bertz CT molecular complexity index is 738. The van der Waals surface area contributed by atoms with E-state index in [1.807, 2.05) is 12.3 Å². The van der Waals surface area contributed by atoms with E-state index in [9.17, 15) is 4.79 Å². The highest BCUT2D eigenvalue weighted by Crippen LogP contribution is 2.30. The van der Waals surface area contributed by atoms with Gasteiger partial charge in [0.15, 0.2) is 0 Å². The minimum absolute atomic E-state index is 0.0518. The topological polar surface area (TPSA) is 46.9 Å². The van der Waals surface area contributed by atoms with Crippen molar-refractivity contribution in [2.75, 3.05) is 17.3 Å². The molecule has 0 radical (unpaired) electrons. The van der Waals surface area contributed by atoms with E-state index in [4.69, 9.17) is 23.2 Å². The van der Waals surface area contributed by atoms with Gasteiger partial charge in [0.25, 0.3) is 0 Å². The number of rotatable bonds is 5. The number of anilines is 1. The molecule has 7 heteroatoms. The van der Waals surface area contributed by atoms with Gasteiger partial charge in [-0.15, -0.1) is 0 Å². The van der Waals surface area contributed by atoms with E-state index < -0.39 is 0 Å². The Morgan fingerprint density at radius 1 is 1.29 bits per heavy atom. The van der Waals surface area contributed by atoms with E-state index in [0.717, 1.165) is 11.4 Å². The van der Waals surface area contributed by atoms with Crippen molar-refractivity contribution in [2.45, 2.75) is 32.6 Å². The lowest BCUT2D eigenvalue weighted by atomic mass is 9.92. The molecule has 1 aromatic heterocycles. The first kappa shape index (κ1) is 19.2. The van der Waals surface area contributed by atoms with Gasteiger partial charge in [0.1, 0.15) is 5.82 Å². The monoisotopic (exact) mass is 385 g/mol. The quantitative estimate of drug-likeness (QED) is 0.771. The van der Waals surface area contributed by atoms with Crippen molar-refractivity contribution >= 4 is 46.7 Å². The van der Waals surface area contributed by atoms with Crippen molar-refractivity contribution in [1.29, 1.82) is 0 Å². The van der Waals surface area contributed by atoms with Crippen molar-refractivity contribution in [1.82, 2.24) is 9.78 Å². The number of nitrogens with zero attached hydrogens (tertiary/aromatic N) is 2. The Labute approximate surface area is 156 Å². The zero-order valence-corrected chi connectivity index (χ0v) is 16.5. The fraction of sp³-hybridized carbons (Fsp3) is 0.412. The summed E-state index contributed by atoms with van der Waals surface area (Å²) in [6.07, 6.45) is 2.42. The van der Waals surface area contributed by atoms with Crippen LogP contribution in [0.15, 0.2) is 24.3 Å². The van der Waals surface area contributed by atoms with Gasteiger partial charge in [-0.25, -0.2) is 4.68 Å². The first-order valence-electron chi connectivity index (χ1n) is 7.57. The zero-order chi connectivity index (χ0) is 17.9. The molecule has 1 heterocycles. The number of carbonyl (C=O) groups excluding carboxylic acids is 1. The highest BCUT2D eigenvalue weighted by atomic mass is 35.5. The lowest BCUT2D eigenvalue weighted by Gasteiger charge is -2.14. The summed E-state index contributed by atoms with van der Waals surface area (Å²) in [6.45, 7) is 6.20. The number of nitrogens with one attached hydrogen (secondary N) is 1. The fourth-order valence-electron chi connectivity index (χ4n) is 2.07. The van der Waals surface area contributed by atoms with Crippen LogP contribution in [0.5, 0.6) is 0 Å². The number of hydrogen-bond donors (Lipinski definition) is 1. The normalized spacial score (nSPS) is 11.6. The third-order valence-corrected chi connectivity index (χ3v) is 4.58. The van der Waals surface area contributed by atoms with Crippen molar-refractivity contribution in [3.8, 4) is 5.69 Å². The van der Waals surface area contributed by atoms with E-state index >= 15 is 0 Å². The minimum Gasteiger partial charge on any atom is -0.311 e. The average molecular weight is 386 g/mol. The summed E-state index contributed by atoms with van der Waals surface area (Å²) in [5.41, 5.74) is 1.34. The average Bonchev–Trinajstić information content (AvgIpc) is 2.91. The number of amides is 1. The molecule has 4 nitrogen and oxygen atoms in total. The SMILES string of the molecule is CSCCC(=O)Nc1cc(C(C)(C)C)nn1-c1cc(Cl)ccc1Cl. The van der Waals surface area contributed by atoms with Crippen LogP contribution in [-0.2, 0) is 10.2 Å². The van der Waals surface area contributed by atoms with Gasteiger partial charge in [-0.2, -0.15) is 16.9 Å². The Hall–Kier alpha value is -1.17. The van der Waals surface area contributed by atoms with Gasteiger partial charge in [0, 0.05) is 28.7 Å². The first-order chi connectivity index (χ1) is 11.2. The molecule has 1 N–H and O–H groups in total. The maximum atomic E-state index is 12.1. The van der Waals surface area contributed by atoms with E-state index in [0.29, 0.717) is 28.0 Å². The molecule has 2 aromatic rings. The van der Waals surface area contributed by atoms with Gasteiger partial charge in [0.05, 0.1) is 16.4 Å². The second kappa shape index (κ2) is 7.81. The number of aromatic nitrogens is 2. The molecule has 0 saturated carbocycles. The molecule has 0 bridgehead atoms. The van der Waals surface area contributed by atoms with Crippen molar-refractivity contribution < 1.29 is 4.79 Å². The lowest BCUT2D eigenvalue weighted by molar-refractivity contribution is -0.115. The molecule has 0 spiro atoms. The molecule has 0 aliphatic rings. The number of benzene rings is 1. The van der Waals surface area contributed by atoms with Crippen molar-refractivity contribution in [3.63, 3.8) is 0 Å². The van der Waals surface area contributed by atoms with Gasteiger partial charge in [0.2, 0.25) is 5.91 Å². The molecule has 0 saturated heterocycles. The minimum atomic E-state index is -0.158. The molecule has 24 heavy (non-hydrogen) atoms. The Morgan fingerprint density at radius 3 is 2.62 bits per heavy atom. The number of halogens is 2. The third kappa shape index (κ3) is 4.68. The van der Waals surface area contributed by atoms with E-state index in [-0.39, 0.29) is 11.3 Å². The van der Waals surface area contributed by atoms with Gasteiger partial charge in [-0.05, 0) is 24.5 Å². The summed E-state index contributed by atoms with van der Waals surface area (Å²) in [5, 5.41) is 8.64. The van der Waals surface area contributed by atoms with E-state index in [2.05, 4.69) is 31.2 Å². The van der Waals surface area contributed by atoms with Crippen LogP contribution in [0.1, 0.15) is 32.9 Å². The Morgan fingerprint density at radius 2 is 2.00 bits per heavy atom. The second-order valence-corrected chi connectivity index (χ2v) is 8.29. The predicted octanol–water partition coefficient (Wildman–Crippen LogP) is 5.17. The van der Waals surface area contributed by atoms with Crippen LogP contribution in [0, 0.1) is 0 Å². The molecule has 0 unspecified atom stereocenters. The smallest absolute Gasteiger partial charge is 0.226 e. The highest BCUT2D eigenvalue weighted by Gasteiger charge is 2.22. The lowest BCUT2D eigenvalue weighted by Crippen LogP contribution is -2.15. The molecule has 130 valence electrons. The Kier molecular flexibility index (Phi) is 6.23. The summed E-state index contributed by atoms with van der Waals surface area (Å²) in [4.78, 5) is 12.1. The molecule has 1 amide bonds. The van der Waals surface area contributed by atoms with Crippen molar-refractivity contribution in [2.24, 2.45) is 0 Å². The highest BCUT2D eigenvalue weighted by molar-refractivity contribution is 7.98. The molecule has 2 rings (SSSR count). The maximum absolute atomic E-state index is 12.1. The van der Waals surface area contributed by atoms with Crippen LogP contribution in [0.3, 0.4) is 0 Å². The molecule has 0 aliphatic carbocycles. The summed E-state index contributed by atoms with van der Waals surface area (Å²) in [6, 6.07) is 7.06. The maximum Gasteiger partial charge on any atom is 0.226 e. The van der Waals surface area contributed by atoms with Crippen molar-refractivity contribution in [3.05, 3.63) is 40.0 Å². The number of thioether (sulfide) groups is 1. The molecule has 0 aliphatic heterocycles. The predicted molar refractivity (Wildman–Crippen MR) is 104 cm³/mol. The van der Waals surface area contributed by atoms with E-state index in [1.54, 1.807) is 34.6 Å². The van der Waals surface area contributed by atoms with Gasteiger partial charge in [-0.3, -0.25) is 4.79 Å². The zero-order valence-electron chi connectivity index (χ0n) is 14.2. The third-order valence-electron chi connectivity index (χ3n) is 3.41. The summed E-state index contributed by atoms with van der Waals surface area (Å²) < 4.78 is 1.64. The number of carbonyl (C=O) groups is 1. The molecule has 0 atom stereocenters. The van der Waals surface area contributed by atoms with Crippen LogP contribution < -0.4 is 5.32 Å². The van der Waals surface area contributed by atoms with Crippen LogP contribution in [-0.4, -0.2) is 27.7 Å². The molecular formula is C17H21Cl2N3OS. The molecular weight excluding hydrogens is 365 g/mol. The summed E-state index contributed by atoms with van der Waals surface area (Å²) in [5.74, 6) is 1.31. The summed E-state index contributed by atoms with van der Waals surface area (Å²) >= 11 is 14.0. The second-order valence-electron chi connectivity index (χ2n) is 6.46. The number of hydrogen-bond acceptors (Lipinski definition) is 3. The van der Waals surface area contributed by atoms with Gasteiger partial charge < -0.3 is 5.32 Å². The van der Waals surface area contributed by atoms with Gasteiger partial charge >= 0.3 is 0 Å². The Balaban J connectivity index is 2.46. The molecule has 0 fully saturated rings. The van der Waals surface area contributed by atoms with Crippen LogP contribution in [0.2, 0.25) is 10.0 Å². The first-order valence-corrected chi connectivity index (χ1v) is 9.72. The van der Waals surface area contributed by atoms with Crippen LogP contribution in [0.4, 0.5) is 5.82 Å². The van der Waals surface area contributed by atoms with Crippen LogP contribution >= 0.6 is 35.0 Å². The van der Waals surface area contributed by atoms with Crippen LogP contribution in [0.25, 0.3) is 5.69 Å². The summed E-state index contributed by atoms with van der Waals surface area (Å²) in [7, 11) is 0. The fourth-order valence-corrected chi connectivity index (χ4v) is 2.82.